The van der Waals surface area contributed by atoms with Gasteiger partial charge in [0.1, 0.15) is 16.9 Å². The lowest BCUT2D eigenvalue weighted by atomic mass is 9.99. The van der Waals surface area contributed by atoms with E-state index in [1.54, 1.807) is 11.3 Å². The number of fused-ring (bicyclic) bond motifs is 3. The Morgan fingerprint density at radius 3 is 2.19 bits per heavy atom. The minimum absolute atomic E-state index is 0.134. The number of hydrogen-bond donors (Lipinski definition) is 1. The van der Waals surface area contributed by atoms with E-state index in [1.807, 2.05) is 35.8 Å². The zero-order chi connectivity index (χ0) is 29.9. The van der Waals surface area contributed by atoms with Crippen LogP contribution in [0.5, 0.6) is 0 Å². The van der Waals surface area contributed by atoms with Crippen molar-refractivity contribution in [2.24, 2.45) is 4.99 Å². The molecule has 1 aliphatic heterocycles. The zero-order valence-electron chi connectivity index (χ0n) is 24.8. The first kappa shape index (κ1) is 32.2. The van der Waals surface area contributed by atoms with Gasteiger partial charge in [-0.1, -0.05) is 30.7 Å². The Kier molecular flexibility index (Phi) is 12.5. The highest BCUT2D eigenvalue weighted by atomic mass is 35.5. The maximum absolute atomic E-state index is 13.0. The van der Waals surface area contributed by atoms with Crippen LogP contribution in [0.2, 0.25) is 5.02 Å². The number of ether oxygens (including phenoxy) is 4. The molecule has 1 amide bonds. The number of halogens is 1. The number of nitrogens with zero attached hydrogens (tertiary/aromatic N) is 4. The summed E-state index contributed by atoms with van der Waals surface area (Å²) in [6.07, 6.45) is 1.14. The molecule has 0 radical (unpaired) electrons. The van der Waals surface area contributed by atoms with Crippen molar-refractivity contribution < 1.29 is 23.7 Å². The third-order valence-corrected chi connectivity index (χ3v) is 8.21. The fraction of sp³-hybridized carbons (Fsp3) is 0.533. The number of rotatable bonds is 17. The van der Waals surface area contributed by atoms with Crippen LogP contribution in [0.4, 0.5) is 0 Å². The minimum atomic E-state index is -0.508. The molecule has 0 saturated heterocycles. The SMILES string of the molecule is CCCOCCOCCOCCOCCNC(=O)C[C@@H]1N=C(c2ccc(Cl)cc2)c2c(sc(C)c2C)-n2c(C)nnc21. The minimum Gasteiger partial charge on any atom is -0.379 e. The lowest BCUT2D eigenvalue weighted by Gasteiger charge is -2.13. The summed E-state index contributed by atoms with van der Waals surface area (Å²) in [6, 6.07) is 7.13. The normalized spacial score (nSPS) is 14.3. The smallest absolute Gasteiger partial charge is 0.222 e. The van der Waals surface area contributed by atoms with E-state index in [9.17, 15) is 4.79 Å². The second-order valence-electron chi connectivity index (χ2n) is 9.91. The third kappa shape index (κ3) is 8.46. The summed E-state index contributed by atoms with van der Waals surface area (Å²) in [5.74, 6) is 1.28. The van der Waals surface area contributed by atoms with Gasteiger partial charge in [0.25, 0.3) is 0 Å². The molecule has 228 valence electrons. The quantitative estimate of drug-likeness (QED) is 0.217. The molecule has 0 unspecified atom stereocenters. The first-order chi connectivity index (χ1) is 20.4. The number of aromatic nitrogens is 3. The molecule has 0 aliphatic carbocycles. The van der Waals surface area contributed by atoms with Crippen LogP contribution in [0, 0.1) is 20.8 Å². The average Bonchev–Trinajstić information content (AvgIpc) is 3.45. The lowest BCUT2D eigenvalue weighted by Crippen LogP contribution is -2.29. The van der Waals surface area contributed by atoms with E-state index in [0.29, 0.717) is 63.6 Å². The molecule has 1 aliphatic rings. The van der Waals surface area contributed by atoms with Gasteiger partial charge >= 0.3 is 0 Å². The van der Waals surface area contributed by atoms with Gasteiger partial charge in [-0.3, -0.25) is 14.4 Å². The Bertz CT molecular complexity index is 1340. The molecule has 0 fully saturated rings. The van der Waals surface area contributed by atoms with Crippen molar-refractivity contribution in [2.45, 2.75) is 46.6 Å². The number of benzene rings is 1. The largest absolute Gasteiger partial charge is 0.379 e. The topological polar surface area (TPSA) is 109 Å². The number of hydrogen-bond acceptors (Lipinski definition) is 9. The molecule has 12 heteroatoms. The van der Waals surface area contributed by atoms with Crippen LogP contribution in [0.15, 0.2) is 29.3 Å². The van der Waals surface area contributed by atoms with Crippen LogP contribution in [0.25, 0.3) is 5.00 Å². The van der Waals surface area contributed by atoms with Gasteiger partial charge in [0.2, 0.25) is 5.91 Å². The molecule has 0 saturated carbocycles. The number of carbonyl (C=O) groups excluding carboxylic acids is 1. The van der Waals surface area contributed by atoms with Crippen molar-refractivity contribution in [3.63, 3.8) is 0 Å². The molecule has 0 bridgehead atoms. The average molecular weight is 618 g/mol. The van der Waals surface area contributed by atoms with E-state index in [-0.39, 0.29) is 12.3 Å². The highest BCUT2D eigenvalue weighted by Gasteiger charge is 2.32. The molecule has 1 atom stereocenters. The summed E-state index contributed by atoms with van der Waals surface area (Å²) < 4.78 is 24.0. The Morgan fingerprint density at radius 2 is 1.55 bits per heavy atom. The maximum atomic E-state index is 13.0. The number of aliphatic imine (C=N–C) groups is 1. The molecule has 2 aromatic heterocycles. The highest BCUT2D eigenvalue weighted by molar-refractivity contribution is 7.15. The van der Waals surface area contributed by atoms with E-state index < -0.39 is 6.04 Å². The van der Waals surface area contributed by atoms with Gasteiger partial charge in [-0.2, -0.15) is 0 Å². The predicted molar refractivity (Wildman–Crippen MR) is 164 cm³/mol. The molecule has 0 spiro atoms. The van der Waals surface area contributed by atoms with E-state index in [1.165, 1.54) is 4.88 Å². The summed E-state index contributed by atoms with van der Waals surface area (Å²) in [6.45, 7) is 12.8. The zero-order valence-corrected chi connectivity index (χ0v) is 26.4. The second kappa shape index (κ2) is 16.3. The third-order valence-electron chi connectivity index (χ3n) is 6.77. The second-order valence-corrected chi connectivity index (χ2v) is 11.5. The Morgan fingerprint density at radius 1 is 0.929 bits per heavy atom. The molecule has 4 rings (SSSR count). The van der Waals surface area contributed by atoms with Crippen LogP contribution in [0.1, 0.15) is 59.0 Å². The van der Waals surface area contributed by atoms with Crippen molar-refractivity contribution >= 4 is 34.6 Å². The molecule has 3 heterocycles. The van der Waals surface area contributed by atoms with Crippen LogP contribution in [0.3, 0.4) is 0 Å². The summed E-state index contributed by atoms with van der Waals surface area (Å²) in [5.41, 5.74) is 3.95. The summed E-state index contributed by atoms with van der Waals surface area (Å²) >= 11 is 7.87. The molecule has 1 N–H and O–H groups in total. The van der Waals surface area contributed by atoms with E-state index in [0.717, 1.165) is 46.3 Å². The number of aryl methyl sites for hydroxylation is 2. The summed E-state index contributed by atoms with van der Waals surface area (Å²) in [4.78, 5) is 19.4. The molecular weight excluding hydrogens is 578 g/mol. The van der Waals surface area contributed by atoms with Crippen molar-refractivity contribution in [3.05, 3.63) is 62.5 Å². The Labute approximate surface area is 256 Å². The fourth-order valence-electron chi connectivity index (χ4n) is 4.55. The maximum Gasteiger partial charge on any atom is 0.222 e. The van der Waals surface area contributed by atoms with E-state index >= 15 is 0 Å². The van der Waals surface area contributed by atoms with Crippen molar-refractivity contribution in [2.75, 3.05) is 59.4 Å². The van der Waals surface area contributed by atoms with Gasteiger partial charge in [0.05, 0.1) is 58.4 Å². The van der Waals surface area contributed by atoms with E-state index in [2.05, 4.69) is 36.3 Å². The van der Waals surface area contributed by atoms with E-state index in [4.69, 9.17) is 35.5 Å². The molecular formula is C30H40ClN5O5S. The lowest BCUT2D eigenvalue weighted by molar-refractivity contribution is -0.121. The number of amides is 1. The molecule has 3 aromatic rings. The van der Waals surface area contributed by atoms with Crippen LogP contribution >= 0.6 is 22.9 Å². The van der Waals surface area contributed by atoms with Crippen molar-refractivity contribution in [3.8, 4) is 5.00 Å². The van der Waals surface area contributed by atoms with Crippen LogP contribution in [-0.2, 0) is 23.7 Å². The van der Waals surface area contributed by atoms with Gasteiger partial charge in [-0.15, -0.1) is 21.5 Å². The number of nitrogens with one attached hydrogen (secondary N) is 1. The van der Waals surface area contributed by atoms with Gasteiger partial charge in [0.15, 0.2) is 5.82 Å². The first-order valence-corrected chi connectivity index (χ1v) is 15.5. The van der Waals surface area contributed by atoms with Crippen LogP contribution in [-0.4, -0.2) is 85.8 Å². The molecule has 42 heavy (non-hydrogen) atoms. The van der Waals surface area contributed by atoms with Crippen LogP contribution < -0.4 is 5.32 Å². The fourth-order valence-corrected chi connectivity index (χ4v) is 5.89. The van der Waals surface area contributed by atoms with Gasteiger partial charge in [0, 0.05) is 34.2 Å². The Hall–Kier alpha value is -2.67. The van der Waals surface area contributed by atoms with Crippen molar-refractivity contribution in [1.82, 2.24) is 20.1 Å². The van der Waals surface area contributed by atoms with Crippen molar-refractivity contribution in [1.29, 1.82) is 0 Å². The standard InChI is InChI=1S/C30H40ClN5O5S/c1-5-11-38-13-15-40-17-18-41-16-14-39-12-10-32-26(37)19-25-29-35-34-22(4)36(29)30-27(20(2)21(3)42-30)28(33-25)23-6-8-24(31)9-7-23/h6-9,25H,5,10-19H2,1-4H3,(H,32,37)/t25-/m0/s1. The predicted octanol–water partition coefficient (Wildman–Crippen LogP) is 4.78. The molecule has 10 nitrogen and oxygen atoms in total. The number of carbonyl (C=O) groups is 1. The summed E-state index contributed by atoms with van der Waals surface area (Å²) in [5, 5.41) is 13.4. The van der Waals surface area contributed by atoms with Gasteiger partial charge in [-0.05, 0) is 44.9 Å². The number of thiophene rings is 1. The molecule has 1 aromatic carbocycles. The van der Waals surface area contributed by atoms with Gasteiger partial charge < -0.3 is 24.3 Å². The van der Waals surface area contributed by atoms with Gasteiger partial charge in [-0.25, -0.2) is 0 Å². The first-order valence-electron chi connectivity index (χ1n) is 14.3. The Balaban J connectivity index is 1.30. The summed E-state index contributed by atoms with van der Waals surface area (Å²) in [7, 11) is 0. The highest BCUT2D eigenvalue weighted by Crippen LogP contribution is 2.39. The monoisotopic (exact) mass is 617 g/mol.